The molecule has 0 aliphatic carbocycles. The van der Waals surface area contributed by atoms with Gasteiger partial charge in [-0.2, -0.15) is 5.10 Å². The van der Waals surface area contributed by atoms with Gasteiger partial charge in [0.2, 0.25) is 0 Å². The zero-order valence-electron chi connectivity index (χ0n) is 9.55. The van der Waals surface area contributed by atoms with Gasteiger partial charge in [-0.1, -0.05) is 13.8 Å². The van der Waals surface area contributed by atoms with E-state index in [-0.39, 0.29) is 5.41 Å². The molecule has 0 spiro atoms. The average Bonchev–Trinajstić information content (AvgIpc) is 2.17. The second kappa shape index (κ2) is 5.31. The molecular weight excluding hydrogens is 210 g/mol. The summed E-state index contributed by atoms with van der Waals surface area (Å²) in [5.41, 5.74) is 1.12. The third-order valence-corrected chi connectivity index (χ3v) is 2.51. The van der Waals surface area contributed by atoms with Gasteiger partial charge in [0.1, 0.15) is 5.82 Å². The second-order valence-corrected chi connectivity index (χ2v) is 4.89. The molecule has 1 N–H and O–H groups in total. The largest absolute Gasteiger partial charge is 0.368 e. The number of aromatic nitrogens is 2. The first-order valence-corrected chi connectivity index (χ1v) is 5.67. The zero-order valence-corrected chi connectivity index (χ0v) is 10.3. The van der Waals surface area contributed by atoms with E-state index in [9.17, 15) is 0 Å². The van der Waals surface area contributed by atoms with Crippen LogP contribution in [0.15, 0.2) is 12.1 Å². The highest BCUT2D eigenvalue weighted by molar-refractivity contribution is 6.17. The fourth-order valence-electron chi connectivity index (χ4n) is 1.17. The van der Waals surface area contributed by atoms with Crippen LogP contribution in [0, 0.1) is 12.3 Å². The van der Waals surface area contributed by atoms with Crippen LogP contribution in [0.4, 0.5) is 5.82 Å². The second-order valence-electron chi connectivity index (χ2n) is 4.52. The molecule has 84 valence electrons. The van der Waals surface area contributed by atoms with Crippen LogP contribution in [0.1, 0.15) is 26.0 Å². The average molecular weight is 228 g/mol. The van der Waals surface area contributed by atoms with Crippen LogP contribution in [0.5, 0.6) is 0 Å². The SMILES string of the molecule is Cc1ccc(NCC(C)(C)CCCl)nn1. The van der Waals surface area contributed by atoms with Crippen LogP contribution < -0.4 is 5.32 Å². The molecule has 1 rings (SSSR count). The van der Waals surface area contributed by atoms with E-state index in [4.69, 9.17) is 11.6 Å². The number of alkyl halides is 1. The maximum Gasteiger partial charge on any atom is 0.148 e. The van der Waals surface area contributed by atoms with Crippen LogP contribution in [0.2, 0.25) is 0 Å². The molecule has 0 aromatic carbocycles. The van der Waals surface area contributed by atoms with Crippen molar-refractivity contribution in [2.75, 3.05) is 17.7 Å². The molecule has 0 aliphatic heterocycles. The normalized spacial score (nSPS) is 11.5. The number of halogens is 1. The van der Waals surface area contributed by atoms with Crippen molar-refractivity contribution < 1.29 is 0 Å². The van der Waals surface area contributed by atoms with Gasteiger partial charge in [-0.15, -0.1) is 16.7 Å². The van der Waals surface area contributed by atoms with Gasteiger partial charge in [0.15, 0.2) is 0 Å². The molecule has 0 radical (unpaired) electrons. The van der Waals surface area contributed by atoms with E-state index in [1.165, 1.54) is 0 Å². The predicted octanol–water partition coefficient (Wildman–Crippen LogP) is 2.85. The lowest BCUT2D eigenvalue weighted by molar-refractivity contribution is 0.379. The Balaban J connectivity index is 2.46. The van der Waals surface area contributed by atoms with Gasteiger partial charge in [0, 0.05) is 12.4 Å². The Kier molecular flexibility index (Phi) is 4.33. The number of nitrogens with one attached hydrogen (secondary N) is 1. The van der Waals surface area contributed by atoms with Crippen molar-refractivity contribution >= 4 is 17.4 Å². The zero-order chi connectivity index (χ0) is 11.3. The van der Waals surface area contributed by atoms with Gasteiger partial charge in [0.05, 0.1) is 5.69 Å². The minimum Gasteiger partial charge on any atom is -0.368 e. The Morgan fingerprint density at radius 1 is 1.33 bits per heavy atom. The van der Waals surface area contributed by atoms with E-state index in [0.29, 0.717) is 5.88 Å². The minimum atomic E-state index is 0.189. The van der Waals surface area contributed by atoms with Crippen molar-refractivity contribution in [2.45, 2.75) is 27.2 Å². The summed E-state index contributed by atoms with van der Waals surface area (Å²) in [4.78, 5) is 0. The summed E-state index contributed by atoms with van der Waals surface area (Å²) < 4.78 is 0. The van der Waals surface area contributed by atoms with Crippen LogP contribution in [-0.4, -0.2) is 22.6 Å². The van der Waals surface area contributed by atoms with Crippen LogP contribution in [0.3, 0.4) is 0 Å². The molecule has 0 saturated heterocycles. The first-order valence-electron chi connectivity index (χ1n) is 5.14. The van der Waals surface area contributed by atoms with Crippen molar-refractivity contribution in [1.82, 2.24) is 10.2 Å². The summed E-state index contributed by atoms with van der Waals surface area (Å²) in [6, 6.07) is 3.89. The van der Waals surface area contributed by atoms with Crippen LogP contribution in [-0.2, 0) is 0 Å². The number of aryl methyl sites for hydroxylation is 1. The van der Waals surface area contributed by atoms with Crippen molar-refractivity contribution in [3.8, 4) is 0 Å². The van der Waals surface area contributed by atoms with Crippen LogP contribution in [0.25, 0.3) is 0 Å². The van der Waals surface area contributed by atoms with Crippen molar-refractivity contribution in [2.24, 2.45) is 5.41 Å². The first kappa shape index (κ1) is 12.2. The van der Waals surface area contributed by atoms with E-state index >= 15 is 0 Å². The molecule has 4 heteroatoms. The van der Waals surface area contributed by atoms with Gasteiger partial charge in [-0.25, -0.2) is 0 Å². The molecule has 0 saturated carbocycles. The summed E-state index contributed by atoms with van der Waals surface area (Å²) in [5.74, 6) is 1.51. The fraction of sp³-hybridized carbons (Fsp3) is 0.636. The number of hydrogen-bond donors (Lipinski definition) is 1. The topological polar surface area (TPSA) is 37.8 Å². The predicted molar refractivity (Wildman–Crippen MR) is 64.4 cm³/mol. The van der Waals surface area contributed by atoms with E-state index in [0.717, 1.165) is 24.5 Å². The van der Waals surface area contributed by atoms with Gasteiger partial charge in [-0.3, -0.25) is 0 Å². The smallest absolute Gasteiger partial charge is 0.148 e. The van der Waals surface area contributed by atoms with E-state index in [1.807, 2.05) is 19.1 Å². The van der Waals surface area contributed by atoms with Crippen LogP contribution >= 0.6 is 11.6 Å². The summed E-state index contributed by atoms with van der Waals surface area (Å²) in [6.07, 6.45) is 0.987. The maximum atomic E-state index is 5.73. The monoisotopic (exact) mass is 227 g/mol. The van der Waals surface area contributed by atoms with Gasteiger partial charge in [0.25, 0.3) is 0 Å². The number of hydrogen-bond acceptors (Lipinski definition) is 3. The third-order valence-electron chi connectivity index (χ3n) is 2.32. The van der Waals surface area contributed by atoms with Gasteiger partial charge in [-0.05, 0) is 30.9 Å². The Morgan fingerprint density at radius 3 is 2.60 bits per heavy atom. The molecule has 0 atom stereocenters. The lowest BCUT2D eigenvalue weighted by Gasteiger charge is -2.23. The first-order chi connectivity index (χ1) is 7.03. The Hall–Kier alpha value is -0.830. The standard InChI is InChI=1S/C11H18ClN3/c1-9-4-5-10(15-14-9)13-8-11(2,3)6-7-12/h4-5H,6-8H2,1-3H3,(H,13,15). The summed E-state index contributed by atoms with van der Waals surface area (Å²) in [6.45, 7) is 7.15. The summed E-state index contributed by atoms with van der Waals surface area (Å²) in [5, 5.41) is 11.3. The molecule has 1 heterocycles. The Morgan fingerprint density at radius 2 is 2.07 bits per heavy atom. The molecule has 1 aromatic rings. The molecule has 1 aromatic heterocycles. The minimum absolute atomic E-state index is 0.189. The molecule has 0 fully saturated rings. The maximum absolute atomic E-state index is 5.73. The molecule has 15 heavy (non-hydrogen) atoms. The van der Waals surface area contributed by atoms with Gasteiger partial charge < -0.3 is 5.32 Å². The van der Waals surface area contributed by atoms with E-state index < -0.39 is 0 Å². The lowest BCUT2D eigenvalue weighted by atomic mass is 9.90. The molecule has 0 bridgehead atoms. The van der Waals surface area contributed by atoms with Crippen molar-refractivity contribution in [3.63, 3.8) is 0 Å². The highest BCUT2D eigenvalue weighted by atomic mass is 35.5. The van der Waals surface area contributed by atoms with E-state index in [1.54, 1.807) is 0 Å². The summed E-state index contributed by atoms with van der Waals surface area (Å²) in [7, 11) is 0. The Bertz CT molecular complexity index is 295. The van der Waals surface area contributed by atoms with Gasteiger partial charge >= 0.3 is 0 Å². The number of rotatable bonds is 5. The third kappa shape index (κ3) is 4.47. The molecular formula is C11H18ClN3. The molecule has 0 aliphatic rings. The van der Waals surface area contributed by atoms with Crippen molar-refractivity contribution in [3.05, 3.63) is 17.8 Å². The molecule has 0 unspecified atom stereocenters. The highest BCUT2D eigenvalue weighted by Crippen LogP contribution is 2.21. The van der Waals surface area contributed by atoms with Crippen molar-refractivity contribution in [1.29, 1.82) is 0 Å². The highest BCUT2D eigenvalue weighted by Gasteiger charge is 2.16. The fourth-order valence-corrected chi connectivity index (χ4v) is 1.68. The number of nitrogens with zero attached hydrogens (tertiary/aromatic N) is 2. The van der Waals surface area contributed by atoms with E-state index in [2.05, 4.69) is 29.4 Å². The number of anilines is 1. The summed E-state index contributed by atoms with van der Waals surface area (Å²) >= 11 is 5.73. The quantitative estimate of drug-likeness (QED) is 0.787. The Labute approximate surface area is 96.2 Å². The molecule has 3 nitrogen and oxygen atoms in total. The molecule has 0 amide bonds. The lowest BCUT2D eigenvalue weighted by Crippen LogP contribution is -2.24.